The molecule has 2 aliphatic heterocycles. The van der Waals surface area contributed by atoms with Gasteiger partial charge in [-0.25, -0.2) is 9.97 Å². The minimum Gasteiger partial charge on any atom is -0.456 e. The van der Waals surface area contributed by atoms with E-state index < -0.39 is 0 Å². The zero-order valence-corrected chi connectivity index (χ0v) is 44.5. The molecule has 0 saturated carbocycles. The minimum atomic E-state index is -0.104. The standard InChI is InChI=1S/C74H47N5O4/c80-65-44-69(82-67-22-12-10-20-55(65)67)46-24-30-52(31-25-46)79(53-32-26-47(27-33-53)70-45-66(81)56-21-11-13-23-68(56)83-70)54-34-28-51(29-35-54)74-63-42-40-61(77-63)72(49-16-6-2-7-17-49)59-38-36-57(75-59)71(48-14-4-1-5-15-48)58-37-39-60(76-58)73(50-18-8-3-9-19-50)62-41-43-64(74)78-62/h1-45,75,78H. The summed E-state index contributed by atoms with van der Waals surface area (Å²) in [4.78, 5) is 47.4. The molecule has 0 fully saturated rings. The molecule has 392 valence electrons. The fourth-order valence-corrected chi connectivity index (χ4v) is 11.5. The van der Waals surface area contributed by atoms with Crippen LogP contribution < -0.4 is 15.8 Å². The fraction of sp³-hybridized carbons (Fsp3) is 0. The van der Waals surface area contributed by atoms with E-state index in [1.807, 2.05) is 103 Å². The number of para-hydroxylation sites is 2. The molecular formula is C74H47N5O4. The fourth-order valence-electron chi connectivity index (χ4n) is 11.5. The number of aromatic nitrogens is 4. The first-order chi connectivity index (χ1) is 40.9. The quantitative estimate of drug-likeness (QED) is 0.148. The zero-order valence-electron chi connectivity index (χ0n) is 44.5. The summed E-state index contributed by atoms with van der Waals surface area (Å²) < 4.78 is 12.5. The Kier molecular flexibility index (Phi) is 11.9. The second-order valence-corrected chi connectivity index (χ2v) is 20.5. The van der Waals surface area contributed by atoms with E-state index in [1.54, 1.807) is 24.3 Å². The van der Waals surface area contributed by atoms with Gasteiger partial charge in [-0.2, -0.15) is 0 Å². The second kappa shape index (κ2) is 20.4. The van der Waals surface area contributed by atoms with E-state index in [0.717, 1.165) is 118 Å². The number of anilines is 3. The number of nitrogens with zero attached hydrogens (tertiary/aromatic N) is 3. The van der Waals surface area contributed by atoms with Crippen LogP contribution in [-0.4, -0.2) is 19.9 Å². The van der Waals surface area contributed by atoms with Crippen molar-refractivity contribution in [3.8, 4) is 67.2 Å². The predicted octanol–water partition coefficient (Wildman–Crippen LogP) is 18.3. The van der Waals surface area contributed by atoms with Crippen LogP contribution in [0.3, 0.4) is 0 Å². The van der Waals surface area contributed by atoms with Gasteiger partial charge in [0.05, 0.1) is 33.5 Å². The SMILES string of the molecule is O=c1cc(-c2ccc(N(c3ccc(-c4cc(=O)c5ccccc5o4)cc3)c3ccc(-c4c5nc(c(-c6ccccc6)c6ccc([nH]6)c(-c6ccccc6)c6nc(c(-c7ccccc7)c7ccc4[nH]7)C=C6)C=C5)cc3)cc2)oc2ccccc12. The lowest BCUT2D eigenvalue weighted by molar-refractivity contribution is 0.618. The van der Waals surface area contributed by atoms with Crippen molar-refractivity contribution in [3.63, 3.8) is 0 Å². The van der Waals surface area contributed by atoms with Crippen LogP contribution in [0.4, 0.5) is 17.1 Å². The number of H-pyrrole nitrogens is 2. The molecule has 2 aliphatic rings. The van der Waals surface area contributed by atoms with E-state index >= 15 is 0 Å². The van der Waals surface area contributed by atoms with Gasteiger partial charge in [-0.3, -0.25) is 9.59 Å². The van der Waals surface area contributed by atoms with Gasteiger partial charge in [0.1, 0.15) is 22.7 Å². The Labute approximate surface area is 475 Å². The number of aromatic amines is 2. The van der Waals surface area contributed by atoms with Crippen LogP contribution in [0.1, 0.15) is 22.8 Å². The Bertz CT molecular complexity index is 4870. The van der Waals surface area contributed by atoms with Crippen molar-refractivity contribution in [2.24, 2.45) is 0 Å². The third kappa shape index (κ3) is 8.95. The first-order valence-electron chi connectivity index (χ1n) is 27.4. The highest BCUT2D eigenvalue weighted by molar-refractivity contribution is 6.00. The molecule has 2 N–H and O–H groups in total. The molecule has 0 unspecified atom stereocenters. The molecule has 8 aromatic carbocycles. The third-order valence-corrected chi connectivity index (χ3v) is 15.4. The van der Waals surface area contributed by atoms with Crippen molar-refractivity contribution >= 4 is 85.4 Å². The van der Waals surface area contributed by atoms with Gasteiger partial charge in [0.15, 0.2) is 10.9 Å². The van der Waals surface area contributed by atoms with Crippen LogP contribution in [0.15, 0.2) is 267 Å². The van der Waals surface area contributed by atoms with Crippen molar-refractivity contribution < 1.29 is 8.83 Å². The summed E-state index contributed by atoms with van der Waals surface area (Å²) in [7, 11) is 0. The topological polar surface area (TPSA) is 121 Å². The molecule has 0 amide bonds. The van der Waals surface area contributed by atoms with E-state index in [4.69, 9.17) is 18.8 Å². The Morgan fingerprint density at radius 2 is 0.590 bits per heavy atom. The van der Waals surface area contributed by atoms with E-state index in [2.05, 4.69) is 160 Å². The molecule has 0 aliphatic carbocycles. The van der Waals surface area contributed by atoms with E-state index in [1.165, 1.54) is 0 Å². The predicted molar refractivity (Wildman–Crippen MR) is 338 cm³/mol. The van der Waals surface area contributed by atoms with Gasteiger partial charge in [0.2, 0.25) is 0 Å². The molecule has 5 aromatic heterocycles. The molecule has 0 saturated heterocycles. The zero-order chi connectivity index (χ0) is 55.4. The van der Waals surface area contributed by atoms with Crippen LogP contribution in [0, 0.1) is 0 Å². The van der Waals surface area contributed by atoms with Crippen molar-refractivity contribution in [2.45, 2.75) is 0 Å². The van der Waals surface area contributed by atoms with Gasteiger partial charge in [0.25, 0.3) is 0 Å². The monoisotopic (exact) mass is 1070 g/mol. The maximum atomic E-state index is 13.2. The molecular weight excluding hydrogens is 1020 g/mol. The highest BCUT2D eigenvalue weighted by Gasteiger charge is 2.21. The molecule has 9 heteroatoms. The molecule has 0 spiro atoms. The molecule has 0 atom stereocenters. The molecule has 9 nitrogen and oxygen atoms in total. The van der Waals surface area contributed by atoms with Crippen molar-refractivity contribution in [2.75, 3.05) is 4.90 Å². The summed E-state index contributed by atoms with van der Waals surface area (Å²) in [6.07, 6.45) is 8.47. The summed E-state index contributed by atoms with van der Waals surface area (Å²) in [5.74, 6) is 0.957. The maximum Gasteiger partial charge on any atom is 0.193 e. The van der Waals surface area contributed by atoms with Crippen LogP contribution in [0.25, 0.3) is 135 Å². The second-order valence-electron chi connectivity index (χ2n) is 20.5. The lowest BCUT2D eigenvalue weighted by atomic mass is 10.0. The van der Waals surface area contributed by atoms with Crippen LogP contribution >= 0.6 is 0 Å². The van der Waals surface area contributed by atoms with Crippen molar-refractivity contribution in [1.82, 2.24) is 19.9 Å². The summed E-state index contributed by atoms with van der Waals surface area (Å²) in [5, 5.41) is 1.07. The van der Waals surface area contributed by atoms with Crippen LogP contribution in [0.5, 0.6) is 0 Å². The average molecular weight is 1070 g/mol. The molecule has 13 aromatic rings. The minimum absolute atomic E-state index is 0.104. The van der Waals surface area contributed by atoms with E-state index in [9.17, 15) is 9.59 Å². The number of nitrogens with one attached hydrogen (secondary N) is 2. The molecule has 7 heterocycles. The van der Waals surface area contributed by atoms with Gasteiger partial charge in [-0.15, -0.1) is 0 Å². The highest BCUT2D eigenvalue weighted by atomic mass is 16.3. The highest BCUT2D eigenvalue weighted by Crippen LogP contribution is 2.42. The Morgan fingerprint density at radius 1 is 0.301 bits per heavy atom. The number of benzene rings is 8. The molecule has 8 bridgehead atoms. The van der Waals surface area contributed by atoms with Gasteiger partial charge in [-0.05, 0) is 156 Å². The van der Waals surface area contributed by atoms with Gasteiger partial charge >= 0.3 is 0 Å². The molecule has 83 heavy (non-hydrogen) atoms. The summed E-state index contributed by atoms with van der Waals surface area (Å²) >= 11 is 0. The summed E-state index contributed by atoms with van der Waals surface area (Å²) in [6, 6.07) is 82.1. The Morgan fingerprint density at radius 3 is 0.928 bits per heavy atom. The van der Waals surface area contributed by atoms with Crippen molar-refractivity contribution in [3.05, 3.63) is 292 Å². The van der Waals surface area contributed by atoms with Crippen LogP contribution in [-0.2, 0) is 0 Å². The summed E-state index contributed by atoms with van der Waals surface area (Å²) in [6.45, 7) is 0. The van der Waals surface area contributed by atoms with Gasteiger partial charge in [-0.1, -0.05) is 127 Å². The number of hydrogen-bond donors (Lipinski definition) is 2. The summed E-state index contributed by atoms with van der Waals surface area (Å²) in [5.41, 5.74) is 19.9. The first-order valence-corrected chi connectivity index (χ1v) is 27.4. The van der Waals surface area contributed by atoms with Gasteiger partial charge < -0.3 is 23.7 Å². The third-order valence-electron chi connectivity index (χ3n) is 15.4. The smallest absolute Gasteiger partial charge is 0.193 e. The average Bonchev–Trinajstić information content (AvgIpc) is 4.60. The lowest BCUT2D eigenvalue weighted by Crippen LogP contribution is -2.10. The van der Waals surface area contributed by atoms with E-state index in [0.29, 0.717) is 33.5 Å². The van der Waals surface area contributed by atoms with Crippen molar-refractivity contribution in [1.29, 1.82) is 0 Å². The molecule has 0 radical (unpaired) electrons. The first kappa shape index (κ1) is 48.7. The van der Waals surface area contributed by atoms with Gasteiger partial charge in [0, 0.05) is 84.6 Å². The van der Waals surface area contributed by atoms with E-state index in [-0.39, 0.29) is 10.9 Å². The largest absolute Gasteiger partial charge is 0.456 e. The maximum absolute atomic E-state index is 13.2. The Hall–Kier alpha value is -11.4. The normalized spacial score (nSPS) is 11.9. The number of hydrogen-bond acceptors (Lipinski definition) is 7. The lowest BCUT2D eigenvalue weighted by Gasteiger charge is -2.26. The number of fused-ring (bicyclic) bond motifs is 10. The number of rotatable bonds is 9. The molecule has 15 rings (SSSR count). The van der Waals surface area contributed by atoms with Crippen LogP contribution in [0.2, 0.25) is 0 Å². The Balaban J connectivity index is 0.916.